The Balaban J connectivity index is 1.86. The monoisotopic (exact) mass is 395 g/mol. The van der Waals surface area contributed by atoms with E-state index >= 15 is 0 Å². The van der Waals surface area contributed by atoms with E-state index in [9.17, 15) is 9.18 Å². The average molecular weight is 395 g/mol. The van der Waals surface area contributed by atoms with E-state index in [1.165, 1.54) is 12.3 Å². The van der Waals surface area contributed by atoms with E-state index in [0.717, 1.165) is 24.0 Å². The summed E-state index contributed by atoms with van der Waals surface area (Å²) in [4.78, 5) is 17.5. The molecule has 0 spiro atoms. The molecule has 1 amide bonds. The summed E-state index contributed by atoms with van der Waals surface area (Å²) in [5.41, 5.74) is 8.15. The summed E-state index contributed by atoms with van der Waals surface area (Å²) >= 11 is 0. The van der Waals surface area contributed by atoms with Crippen molar-refractivity contribution in [3.63, 3.8) is 0 Å². The normalized spacial score (nSPS) is 15.7. The average Bonchev–Trinajstić information content (AvgIpc) is 2.72. The molecule has 1 aliphatic heterocycles. The van der Waals surface area contributed by atoms with Gasteiger partial charge in [0.25, 0.3) is 0 Å². The fourth-order valence-corrected chi connectivity index (χ4v) is 3.35. The number of allylic oxidation sites excluding steroid dienone is 1. The Bertz CT molecular complexity index is 919. The number of pyridine rings is 1. The van der Waals surface area contributed by atoms with Crippen LogP contribution in [0.1, 0.15) is 37.8 Å². The number of nitrogens with two attached hydrogens (primary N) is 1. The molecule has 2 aromatic rings. The van der Waals surface area contributed by atoms with E-state index in [4.69, 9.17) is 5.73 Å². The highest BCUT2D eigenvalue weighted by Gasteiger charge is 2.24. The van der Waals surface area contributed by atoms with Crippen LogP contribution in [0.4, 0.5) is 10.2 Å². The number of nitrogens with zero attached hydrogens (tertiary/aromatic N) is 4. The number of rotatable bonds is 5. The molecule has 7 heteroatoms. The minimum Gasteiger partial charge on any atom is -0.384 e. The Kier molecular flexibility index (Phi) is 6.59. The van der Waals surface area contributed by atoms with Gasteiger partial charge in [0.2, 0.25) is 5.91 Å². The van der Waals surface area contributed by atoms with Gasteiger partial charge in [-0.3, -0.25) is 9.80 Å². The van der Waals surface area contributed by atoms with E-state index in [-0.39, 0.29) is 17.8 Å². The molecule has 29 heavy (non-hydrogen) atoms. The molecule has 152 valence electrons. The molecule has 0 bridgehead atoms. The summed E-state index contributed by atoms with van der Waals surface area (Å²) < 4.78 is 14.0. The molecule has 3 rings (SSSR count). The lowest BCUT2D eigenvalue weighted by molar-refractivity contribution is -0.130. The molecule has 0 unspecified atom stereocenters. The fraction of sp³-hybridized carbons (Fsp3) is 0.318. The van der Waals surface area contributed by atoms with E-state index in [1.807, 2.05) is 35.2 Å². The highest BCUT2D eigenvalue weighted by Crippen LogP contribution is 2.22. The van der Waals surface area contributed by atoms with Gasteiger partial charge < -0.3 is 10.6 Å². The van der Waals surface area contributed by atoms with E-state index in [0.29, 0.717) is 24.5 Å². The van der Waals surface area contributed by atoms with Crippen LogP contribution in [0.25, 0.3) is 5.57 Å². The third-order valence-corrected chi connectivity index (χ3v) is 5.08. The van der Waals surface area contributed by atoms with Crippen LogP contribution in [0.2, 0.25) is 0 Å². The number of hydrogen-bond acceptors (Lipinski definition) is 5. The number of hydrazone groups is 1. The van der Waals surface area contributed by atoms with Crippen molar-refractivity contribution in [1.29, 1.82) is 0 Å². The van der Waals surface area contributed by atoms with Crippen molar-refractivity contribution in [2.45, 2.75) is 32.7 Å². The highest BCUT2D eigenvalue weighted by atomic mass is 19.1. The van der Waals surface area contributed by atoms with Crippen LogP contribution in [0.15, 0.2) is 53.9 Å². The minimum absolute atomic E-state index is 0.0869. The maximum absolute atomic E-state index is 14.0. The number of hydrogen-bond donors (Lipinski definition) is 1. The van der Waals surface area contributed by atoms with Crippen LogP contribution in [0, 0.1) is 5.82 Å². The molecule has 0 radical (unpaired) electrons. The van der Waals surface area contributed by atoms with Crippen LogP contribution < -0.4 is 5.73 Å². The maximum Gasteiger partial charge on any atom is 0.219 e. The molecule has 1 saturated heterocycles. The molecule has 2 heterocycles. The van der Waals surface area contributed by atoms with E-state index in [2.05, 4.69) is 10.1 Å². The SMILES string of the molecule is CC(=O)N1CCC(N(/C=C(\C)c2ccnc(N)c2)/N=C/c2ccccc2F)CC1. The van der Waals surface area contributed by atoms with Crippen molar-refractivity contribution in [2.24, 2.45) is 5.10 Å². The Morgan fingerprint density at radius 2 is 2.00 bits per heavy atom. The summed E-state index contributed by atoms with van der Waals surface area (Å²) in [6.07, 6.45) is 6.73. The van der Waals surface area contributed by atoms with Gasteiger partial charge in [0.15, 0.2) is 0 Å². The van der Waals surface area contributed by atoms with Crippen molar-refractivity contribution in [3.05, 3.63) is 65.7 Å². The van der Waals surface area contributed by atoms with Crippen molar-refractivity contribution in [3.8, 4) is 0 Å². The number of carbonyl (C=O) groups is 1. The second-order valence-electron chi connectivity index (χ2n) is 7.16. The predicted molar refractivity (Wildman–Crippen MR) is 113 cm³/mol. The van der Waals surface area contributed by atoms with Crippen molar-refractivity contribution < 1.29 is 9.18 Å². The molecule has 1 aromatic heterocycles. The zero-order chi connectivity index (χ0) is 20.8. The number of piperidine rings is 1. The van der Waals surface area contributed by atoms with Gasteiger partial charge in [-0.05, 0) is 49.1 Å². The van der Waals surface area contributed by atoms with Crippen LogP contribution in [-0.4, -0.2) is 46.1 Å². The third-order valence-electron chi connectivity index (χ3n) is 5.08. The number of benzene rings is 1. The Morgan fingerprint density at radius 1 is 1.28 bits per heavy atom. The van der Waals surface area contributed by atoms with Gasteiger partial charge in [-0.2, -0.15) is 5.10 Å². The number of anilines is 1. The van der Waals surface area contributed by atoms with Crippen molar-refractivity contribution >= 4 is 23.5 Å². The Morgan fingerprint density at radius 3 is 2.66 bits per heavy atom. The highest BCUT2D eigenvalue weighted by molar-refractivity contribution is 5.79. The smallest absolute Gasteiger partial charge is 0.219 e. The molecule has 1 aliphatic rings. The van der Waals surface area contributed by atoms with Gasteiger partial charge in [0, 0.05) is 38.0 Å². The number of carbonyl (C=O) groups excluding carboxylic acids is 1. The number of amides is 1. The molecular weight excluding hydrogens is 369 g/mol. The van der Waals surface area contributed by atoms with Gasteiger partial charge >= 0.3 is 0 Å². The summed E-state index contributed by atoms with van der Waals surface area (Å²) in [5, 5.41) is 6.45. The zero-order valence-corrected chi connectivity index (χ0v) is 16.8. The van der Waals surface area contributed by atoms with Gasteiger partial charge in [-0.1, -0.05) is 18.2 Å². The molecular formula is C22H26FN5O. The predicted octanol–water partition coefficient (Wildman–Crippen LogP) is 3.51. The third kappa shape index (κ3) is 5.40. The molecule has 1 fully saturated rings. The number of halogens is 1. The summed E-state index contributed by atoms with van der Waals surface area (Å²) in [7, 11) is 0. The van der Waals surface area contributed by atoms with Crippen LogP contribution in [-0.2, 0) is 4.79 Å². The van der Waals surface area contributed by atoms with Crippen molar-refractivity contribution in [2.75, 3.05) is 18.8 Å². The molecule has 0 saturated carbocycles. The molecule has 0 aliphatic carbocycles. The van der Waals surface area contributed by atoms with E-state index < -0.39 is 0 Å². The lowest BCUT2D eigenvalue weighted by atomic mass is 10.0. The van der Waals surface area contributed by atoms with Crippen LogP contribution in [0.5, 0.6) is 0 Å². The zero-order valence-electron chi connectivity index (χ0n) is 16.8. The maximum atomic E-state index is 14.0. The van der Waals surface area contributed by atoms with Crippen molar-refractivity contribution in [1.82, 2.24) is 14.9 Å². The second kappa shape index (κ2) is 9.32. The molecule has 0 atom stereocenters. The first-order valence-corrected chi connectivity index (χ1v) is 9.66. The first-order chi connectivity index (χ1) is 13.9. The summed E-state index contributed by atoms with van der Waals surface area (Å²) in [5.74, 6) is 0.223. The molecule has 1 aromatic carbocycles. The van der Waals surface area contributed by atoms with Gasteiger partial charge in [-0.25, -0.2) is 9.37 Å². The number of likely N-dealkylation sites (tertiary alicyclic amines) is 1. The molecule has 2 N–H and O–H groups in total. The minimum atomic E-state index is -0.315. The Labute approximate surface area is 170 Å². The standard InChI is InChI=1S/C22H26FN5O/c1-16(18-7-10-25-22(24)13-18)15-28(20-8-11-27(12-9-20)17(2)29)26-14-19-5-3-4-6-21(19)23/h3-7,10,13-15,20H,8-9,11-12H2,1-2H3,(H2,24,25)/b16-15+,26-14+. The summed E-state index contributed by atoms with van der Waals surface area (Å²) in [6.45, 7) is 4.93. The topological polar surface area (TPSA) is 74.8 Å². The van der Waals surface area contributed by atoms with Gasteiger partial charge in [0.05, 0.1) is 12.3 Å². The van der Waals surface area contributed by atoms with Crippen LogP contribution in [0.3, 0.4) is 0 Å². The first kappa shape index (κ1) is 20.5. The second-order valence-corrected chi connectivity index (χ2v) is 7.16. The van der Waals surface area contributed by atoms with E-state index in [1.54, 1.807) is 31.3 Å². The largest absolute Gasteiger partial charge is 0.384 e. The quantitative estimate of drug-likeness (QED) is 0.621. The number of nitrogen functional groups attached to an aromatic ring is 1. The summed E-state index contributed by atoms with van der Waals surface area (Å²) in [6, 6.07) is 10.3. The Hall–Kier alpha value is -3.22. The van der Waals surface area contributed by atoms with Gasteiger partial charge in [0.1, 0.15) is 11.6 Å². The lowest BCUT2D eigenvalue weighted by Gasteiger charge is -2.35. The van der Waals surface area contributed by atoms with Crippen LogP contribution >= 0.6 is 0 Å². The lowest BCUT2D eigenvalue weighted by Crippen LogP contribution is -2.43. The molecule has 6 nitrogen and oxygen atoms in total. The van der Waals surface area contributed by atoms with Gasteiger partial charge in [-0.15, -0.1) is 0 Å². The fourth-order valence-electron chi connectivity index (χ4n) is 3.35. The first-order valence-electron chi connectivity index (χ1n) is 9.66. The number of aromatic nitrogens is 1.